The summed E-state index contributed by atoms with van der Waals surface area (Å²) in [4.78, 5) is 22.8. The molecule has 3 N–H and O–H groups in total. The number of thioether (sulfide) groups is 1. The summed E-state index contributed by atoms with van der Waals surface area (Å²) < 4.78 is 0. The zero-order valence-corrected chi connectivity index (χ0v) is 11.7. The molecule has 2 amide bonds. The van der Waals surface area contributed by atoms with E-state index in [0.717, 1.165) is 11.6 Å². The molecule has 0 radical (unpaired) electrons. The van der Waals surface area contributed by atoms with Crippen LogP contribution in [-0.4, -0.2) is 42.1 Å². The van der Waals surface area contributed by atoms with Crippen LogP contribution in [0.25, 0.3) is 0 Å². The molecule has 100 valence electrons. The van der Waals surface area contributed by atoms with Crippen LogP contribution >= 0.6 is 24.2 Å². The highest BCUT2D eigenvalue weighted by atomic mass is 35.5. The highest BCUT2D eigenvalue weighted by Gasteiger charge is 2.21. The molecule has 0 bridgehead atoms. The molecule has 1 rings (SSSR count). The molecular weight excluding hydrogens is 262 g/mol. The Morgan fingerprint density at radius 2 is 2.18 bits per heavy atom. The number of hydrogen-bond acceptors (Lipinski definition) is 4. The summed E-state index contributed by atoms with van der Waals surface area (Å²) >= 11 is 1.71. The van der Waals surface area contributed by atoms with Crippen molar-refractivity contribution < 1.29 is 9.59 Å². The number of hydrogen-bond donors (Lipinski definition) is 3. The molecule has 1 aliphatic rings. The van der Waals surface area contributed by atoms with Gasteiger partial charge in [-0.1, -0.05) is 0 Å². The monoisotopic (exact) mass is 281 g/mol. The Morgan fingerprint density at radius 1 is 1.47 bits per heavy atom. The molecule has 0 aromatic heterocycles. The Labute approximate surface area is 112 Å². The summed E-state index contributed by atoms with van der Waals surface area (Å²) in [6.45, 7) is 4.23. The lowest BCUT2D eigenvalue weighted by Gasteiger charge is -2.11. The van der Waals surface area contributed by atoms with Crippen LogP contribution in [0.1, 0.15) is 20.3 Å². The van der Waals surface area contributed by atoms with Crippen molar-refractivity contribution in [2.75, 3.05) is 18.2 Å². The third kappa shape index (κ3) is 6.75. The summed E-state index contributed by atoms with van der Waals surface area (Å²) in [7, 11) is 0. The summed E-state index contributed by atoms with van der Waals surface area (Å²) in [5.41, 5.74) is 0. The average Bonchev–Trinajstić information content (AvgIpc) is 2.68. The SMILES string of the molecule is CC(C)NC(=O)CCNC(=O)C1CSCN1.Cl. The molecule has 1 aliphatic heterocycles. The van der Waals surface area contributed by atoms with Gasteiger partial charge in [0.05, 0.1) is 6.04 Å². The van der Waals surface area contributed by atoms with Crippen LogP contribution in [0.5, 0.6) is 0 Å². The van der Waals surface area contributed by atoms with Crippen LogP contribution in [0.2, 0.25) is 0 Å². The van der Waals surface area contributed by atoms with E-state index in [1.165, 1.54) is 0 Å². The first-order chi connectivity index (χ1) is 7.59. The fourth-order valence-corrected chi connectivity index (χ4v) is 2.32. The maximum absolute atomic E-state index is 11.5. The Bertz CT molecular complexity index is 258. The Morgan fingerprint density at radius 3 is 2.71 bits per heavy atom. The van der Waals surface area contributed by atoms with Crippen LogP contribution in [0.3, 0.4) is 0 Å². The Kier molecular flexibility index (Phi) is 8.37. The number of rotatable bonds is 5. The topological polar surface area (TPSA) is 70.2 Å². The molecule has 1 unspecified atom stereocenters. The molecule has 0 spiro atoms. The normalized spacial score (nSPS) is 18.6. The van der Waals surface area contributed by atoms with Gasteiger partial charge in [-0.25, -0.2) is 0 Å². The van der Waals surface area contributed by atoms with E-state index in [9.17, 15) is 9.59 Å². The van der Waals surface area contributed by atoms with E-state index in [4.69, 9.17) is 0 Å². The molecule has 0 aliphatic carbocycles. The van der Waals surface area contributed by atoms with Gasteiger partial charge in [0.2, 0.25) is 11.8 Å². The first-order valence-electron chi connectivity index (χ1n) is 5.48. The highest BCUT2D eigenvalue weighted by molar-refractivity contribution is 7.99. The van der Waals surface area contributed by atoms with Crippen LogP contribution in [0, 0.1) is 0 Å². The van der Waals surface area contributed by atoms with Gasteiger partial charge in [-0.05, 0) is 13.8 Å². The number of carbonyl (C=O) groups excluding carboxylic acids is 2. The summed E-state index contributed by atoms with van der Waals surface area (Å²) in [6, 6.07) is 0.0502. The lowest BCUT2D eigenvalue weighted by Crippen LogP contribution is -2.43. The third-order valence-corrected chi connectivity index (χ3v) is 3.07. The fraction of sp³-hybridized carbons (Fsp3) is 0.800. The van der Waals surface area contributed by atoms with Crippen molar-refractivity contribution in [3.63, 3.8) is 0 Å². The maximum atomic E-state index is 11.5. The van der Waals surface area contributed by atoms with E-state index in [1.54, 1.807) is 11.8 Å². The minimum absolute atomic E-state index is 0. The zero-order chi connectivity index (χ0) is 12.0. The van der Waals surface area contributed by atoms with Crippen LogP contribution in [0.15, 0.2) is 0 Å². The van der Waals surface area contributed by atoms with E-state index in [0.29, 0.717) is 13.0 Å². The largest absolute Gasteiger partial charge is 0.354 e. The van der Waals surface area contributed by atoms with Crippen molar-refractivity contribution >= 4 is 36.0 Å². The molecule has 1 fully saturated rings. The van der Waals surface area contributed by atoms with E-state index in [1.807, 2.05) is 13.8 Å². The van der Waals surface area contributed by atoms with Gasteiger partial charge in [0.15, 0.2) is 0 Å². The predicted octanol–water partition coefficient (Wildman–Crippen LogP) is 0.102. The lowest BCUT2D eigenvalue weighted by molar-refractivity contribution is -0.123. The van der Waals surface area contributed by atoms with Gasteiger partial charge in [0.1, 0.15) is 0 Å². The first kappa shape index (κ1) is 16.5. The van der Waals surface area contributed by atoms with Gasteiger partial charge >= 0.3 is 0 Å². The number of amides is 2. The molecule has 1 atom stereocenters. The standard InChI is InChI=1S/C10H19N3O2S.ClH/c1-7(2)13-9(14)3-4-11-10(15)8-5-16-6-12-8;/h7-8,12H,3-6H2,1-2H3,(H,11,15)(H,13,14);1H. The lowest BCUT2D eigenvalue weighted by atomic mass is 10.3. The molecule has 0 aromatic rings. The van der Waals surface area contributed by atoms with Gasteiger partial charge in [-0.15, -0.1) is 24.2 Å². The van der Waals surface area contributed by atoms with Crippen molar-refractivity contribution in [3.05, 3.63) is 0 Å². The summed E-state index contributed by atoms with van der Waals surface area (Å²) in [5, 5.41) is 8.61. The van der Waals surface area contributed by atoms with Crippen LogP contribution in [-0.2, 0) is 9.59 Å². The molecule has 5 nitrogen and oxygen atoms in total. The van der Waals surface area contributed by atoms with Gasteiger partial charge in [0, 0.05) is 30.6 Å². The van der Waals surface area contributed by atoms with Gasteiger partial charge in [0.25, 0.3) is 0 Å². The molecule has 7 heteroatoms. The average molecular weight is 282 g/mol. The number of nitrogens with one attached hydrogen (secondary N) is 3. The smallest absolute Gasteiger partial charge is 0.238 e. The third-order valence-electron chi connectivity index (χ3n) is 2.13. The predicted molar refractivity (Wildman–Crippen MR) is 72.4 cm³/mol. The van der Waals surface area contributed by atoms with E-state index < -0.39 is 0 Å². The minimum atomic E-state index is -0.0989. The molecule has 0 saturated carbocycles. The first-order valence-corrected chi connectivity index (χ1v) is 6.63. The van der Waals surface area contributed by atoms with Gasteiger partial charge in [-0.2, -0.15) is 0 Å². The summed E-state index contributed by atoms with van der Waals surface area (Å²) in [6.07, 6.45) is 0.337. The molecule has 1 saturated heterocycles. The van der Waals surface area contributed by atoms with Crippen molar-refractivity contribution in [2.24, 2.45) is 0 Å². The Balaban J connectivity index is 0.00000256. The second-order valence-corrected chi connectivity index (χ2v) is 5.07. The fourth-order valence-electron chi connectivity index (χ4n) is 1.38. The minimum Gasteiger partial charge on any atom is -0.354 e. The summed E-state index contributed by atoms with van der Waals surface area (Å²) in [5.74, 6) is 1.60. The van der Waals surface area contributed by atoms with Crippen molar-refractivity contribution in [1.82, 2.24) is 16.0 Å². The van der Waals surface area contributed by atoms with Crippen LogP contribution < -0.4 is 16.0 Å². The zero-order valence-electron chi connectivity index (χ0n) is 10.1. The van der Waals surface area contributed by atoms with Gasteiger partial charge in [-0.3, -0.25) is 14.9 Å². The molecule has 0 aromatic carbocycles. The van der Waals surface area contributed by atoms with Crippen molar-refractivity contribution in [3.8, 4) is 0 Å². The molecule has 17 heavy (non-hydrogen) atoms. The molecule has 1 heterocycles. The Hall–Kier alpha value is -0.460. The van der Waals surface area contributed by atoms with Gasteiger partial charge < -0.3 is 10.6 Å². The number of halogens is 1. The second-order valence-electron chi connectivity index (χ2n) is 4.04. The van der Waals surface area contributed by atoms with Crippen molar-refractivity contribution in [1.29, 1.82) is 0 Å². The number of carbonyl (C=O) groups is 2. The van der Waals surface area contributed by atoms with E-state index in [-0.39, 0.29) is 36.3 Å². The second kappa shape index (κ2) is 8.60. The quantitative estimate of drug-likeness (QED) is 0.669. The highest BCUT2D eigenvalue weighted by Crippen LogP contribution is 2.08. The van der Waals surface area contributed by atoms with Crippen molar-refractivity contribution in [2.45, 2.75) is 32.4 Å². The van der Waals surface area contributed by atoms with E-state index in [2.05, 4.69) is 16.0 Å². The maximum Gasteiger partial charge on any atom is 0.238 e. The van der Waals surface area contributed by atoms with Crippen LogP contribution in [0.4, 0.5) is 0 Å². The van der Waals surface area contributed by atoms with E-state index >= 15 is 0 Å². The molecular formula is C10H20ClN3O2S.